The molecule has 110 valence electrons. The zero-order chi connectivity index (χ0) is 14.8. The Bertz CT molecular complexity index is 607. The van der Waals surface area contributed by atoms with E-state index in [1.807, 2.05) is 0 Å². The molecule has 0 radical (unpaired) electrons. The number of nitrogens with zero attached hydrogens (tertiary/aromatic N) is 2. The Balaban J connectivity index is 2.31. The molecule has 1 unspecified atom stereocenters. The molecule has 1 heterocycles. The molecule has 1 aromatic carbocycles. The number of aliphatic hydroxyl groups is 2. The Labute approximate surface area is 125 Å². The van der Waals surface area contributed by atoms with Crippen LogP contribution in [0, 0.1) is 0 Å². The van der Waals surface area contributed by atoms with E-state index in [0.29, 0.717) is 20.8 Å². The fourth-order valence-corrected chi connectivity index (χ4v) is 2.14. The molecule has 0 bridgehead atoms. The van der Waals surface area contributed by atoms with Crippen LogP contribution in [-0.4, -0.2) is 49.0 Å². The Morgan fingerprint density at radius 3 is 2.60 bits per heavy atom. The highest BCUT2D eigenvalue weighted by Gasteiger charge is 2.31. The third-order valence-electron chi connectivity index (χ3n) is 2.98. The third-order valence-corrected chi connectivity index (χ3v) is 3.77. The highest BCUT2D eigenvalue weighted by molar-refractivity contribution is 6.41. The first kappa shape index (κ1) is 15.6. The summed E-state index contributed by atoms with van der Waals surface area (Å²) >= 11 is 12.1. The van der Waals surface area contributed by atoms with E-state index in [2.05, 4.69) is 15.3 Å². The van der Waals surface area contributed by atoms with E-state index in [-0.39, 0.29) is 19.8 Å². The summed E-state index contributed by atoms with van der Waals surface area (Å²) in [5, 5.41) is 22.8. The van der Waals surface area contributed by atoms with E-state index in [0.717, 1.165) is 0 Å². The second kappa shape index (κ2) is 6.34. The lowest BCUT2D eigenvalue weighted by atomic mass is 10.3. The molecule has 6 nitrogen and oxygen atoms in total. The van der Waals surface area contributed by atoms with Crippen LogP contribution >= 0.6 is 23.2 Å². The maximum Gasteiger partial charge on any atom is 0.229 e. The largest absolute Gasteiger partial charge is 0.394 e. The predicted octanol–water partition coefficient (Wildman–Crippen LogP) is -0.511. The van der Waals surface area contributed by atoms with Gasteiger partial charge in [-0.15, -0.1) is 0 Å². The molecule has 0 spiro atoms. The van der Waals surface area contributed by atoms with Crippen LogP contribution in [0.3, 0.4) is 0 Å². The smallest absolute Gasteiger partial charge is 0.229 e. The Morgan fingerprint density at radius 1 is 1.30 bits per heavy atom. The third kappa shape index (κ3) is 2.95. The molecule has 8 heteroatoms. The molecule has 0 saturated heterocycles. The van der Waals surface area contributed by atoms with Crippen molar-refractivity contribution >= 4 is 23.2 Å². The summed E-state index contributed by atoms with van der Waals surface area (Å²) < 4.78 is 5.39. The number of nitrogens with one attached hydrogen (secondary N) is 1. The maximum absolute atomic E-state index is 9.01. The zero-order valence-corrected chi connectivity index (χ0v) is 12.3. The minimum atomic E-state index is -1.03. The molecule has 1 atom stereocenters. The number of fused-ring (bicyclic) bond motifs is 1. The molecule has 0 aliphatic carbocycles. The van der Waals surface area contributed by atoms with Crippen LogP contribution in [0.4, 0.5) is 0 Å². The summed E-state index contributed by atoms with van der Waals surface area (Å²) in [6.45, 7) is -0.510. The van der Waals surface area contributed by atoms with Crippen molar-refractivity contribution in [1.82, 2.24) is 5.32 Å². The number of hydrogen-bond donors (Lipinski definition) is 3. The van der Waals surface area contributed by atoms with Crippen LogP contribution in [0.1, 0.15) is 0 Å². The van der Waals surface area contributed by atoms with E-state index < -0.39 is 11.9 Å². The molecule has 0 saturated carbocycles. The topological polar surface area (TPSA) is 86.4 Å². The first-order valence-electron chi connectivity index (χ1n) is 6.01. The monoisotopic (exact) mass is 319 g/mol. The van der Waals surface area contributed by atoms with Gasteiger partial charge in [0.2, 0.25) is 5.79 Å². The maximum atomic E-state index is 9.01. The average Bonchev–Trinajstić information content (AvgIpc) is 2.84. The van der Waals surface area contributed by atoms with Crippen LogP contribution in [0.5, 0.6) is 0 Å². The lowest BCUT2D eigenvalue weighted by Crippen LogP contribution is -2.45. The van der Waals surface area contributed by atoms with Gasteiger partial charge in [-0.3, -0.25) is 5.32 Å². The number of ether oxygens (including phenoxy) is 1. The number of likely N-dealkylation sites (N-methyl/N-ethyl adjacent to an activating group) is 1. The van der Waals surface area contributed by atoms with E-state index in [9.17, 15) is 0 Å². The standard InChI is InChI=1S/C12H15Cl2N3O3/c1-15-12(6-20-7(4-18)5-19)16-9-3-2-8(13)10(14)11(9)17-12/h2-3,7,15,18-19H,4-6H2,1H3. The van der Waals surface area contributed by atoms with Crippen molar-refractivity contribution in [3.8, 4) is 0 Å². The summed E-state index contributed by atoms with van der Waals surface area (Å²) in [6.07, 6.45) is -0.673. The minimum absolute atomic E-state index is 0.0535. The van der Waals surface area contributed by atoms with Gasteiger partial charge in [0.15, 0.2) is 0 Å². The molecular formula is C12H15Cl2N3O3. The Kier molecular flexibility index (Phi) is 4.95. The fraction of sp³-hybridized carbons (Fsp3) is 0.500. The molecule has 0 fully saturated rings. The van der Waals surface area contributed by atoms with Gasteiger partial charge in [0, 0.05) is 0 Å². The summed E-state index contributed by atoms with van der Waals surface area (Å²) in [4.78, 5) is 8.86. The Hall–Kier alpha value is -0.760. The lowest BCUT2D eigenvalue weighted by Gasteiger charge is -2.24. The van der Waals surface area contributed by atoms with Gasteiger partial charge >= 0.3 is 0 Å². The van der Waals surface area contributed by atoms with Crippen molar-refractivity contribution in [3.63, 3.8) is 0 Å². The van der Waals surface area contributed by atoms with Gasteiger partial charge in [-0.05, 0) is 19.2 Å². The summed E-state index contributed by atoms with van der Waals surface area (Å²) in [5.41, 5.74) is 0. The zero-order valence-electron chi connectivity index (χ0n) is 10.8. The molecule has 20 heavy (non-hydrogen) atoms. The van der Waals surface area contributed by atoms with Gasteiger partial charge in [-0.2, -0.15) is 0 Å². The van der Waals surface area contributed by atoms with Crippen molar-refractivity contribution in [2.75, 3.05) is 26.9 Å². The van der Waals surface area contributed by atoms with Crippen LogP contribution in [0.25, 0.3) is 0 Å². The molecule has 2 rings (SSSR count). The van der Waals surface area contributed by atoms with Crippen molar-refractivity contribution < 1.29 is 14.9 Å². The van der Waals surface area contributed by atoms with Gasteiger partial charge in [-0.1, -0.05) is 23.2 Å². The van der Waals surface area contributed by atoms with E-state index in [1.165, 1.54) is 0 Å². The summed E-state index contributed by atoms with van der Waals surface area (Å²) in [7, 11) is 1.69. The van der Waals surface area contributed by atoms with Crippen molar-refractivity contribution in [2.45, 2.75) is 11.9 Å². The van der Waals surface area contributed by atoms with E-state index in [1.54, 1.807) is 19.2 Å². The minimum Gasteiger partial charge on any atom is -0.394 e. The predicted molar refractivity (Wildman–Crippen MR) is 74.5 cm³/mol. The average molecular weight is 320 g/mol. The van der Waals surface area contributed by atoms with Crippen LogP contribution in [0.15, 0.2) is 22.1 Å². The number of aliphatic hydroxyl groups excluding tert-OH is 2. The molecule has 1 aliphatic rings. The highest BCUT2D eigenvalue weighted by atomic mass is 35.5. The number of benzene rings is 1. The van der Waals surface area contributed by atoms with Gasteiger partial charge in [0.05, 0.1) is 28.6 Å². The lowest BCUT2D eigenvalue weighted by molar-refractivity contribution is -0.0411. The molecule has 1 aromatic rings. The normalized spacial score (nSPS) is 20.7. The quantitative estimate of drug-likeness (QED) is 0.659. The van der Waals surface area contributed by atoms with Gasteiger partial charge in [0.1, 0.15) is 18.1 Å². The summed E-state index contributed by atoms with van der Waals surface area (Å²) in [5.74, 6) is -1.03. The SMILES string of the molecule is CNC1(COC(CO)CO)N=c2ccc(Cl)c(Cl)c2=N1. The van der Waals surface area contributed by atoms with E-state index >= 15 is 0 Å². The van der Waals surface area contributed by atoms with Crippen LogP contribution < -0.4 is 16.0 Å². The first-order valence-corrected chi connectivity index (χ1v) is 6.77. The molecule has 1 aliphatic heterocycles. The van der Waals surface area contributed by atoms with Crippen molar-refractivity contribution in [1.29, 1.82) is 0 Å². The fourth-order valence-electron chi connectivity index (χ4n) is 1.78. The Morgan fingerprint density at radius 2 is 2.00 bits per heavy atom. The molecular weight excluding hydrogens is 305 g/mol. The number of hydrogen-bond acceptors (Lipinski definition) is 6. The van der Waals surface area contributed by atoms with Gasteiger partial charge in [-0.25, -0.2) is 9.98 Å². The molecule has 0 aromatic heterocycles. The number of halogens is 2. The van der Waals surface area contributed by atoms with Crippen LogP contribution in [-0.2, 0) is 4.74 Å². The van der Waals surface area contributed by atoms with E-state index in [4.69, 9.17) is 38.2 Å². The first-order chi connectivity index (χ1) is 9.55. The van der Waals surface area contributed by atoms with Crippen molar-refractivity contribution in [2.24, 2.45) is 9.98 Å². The second-order valence-corrected chi connectivity index (χ2v) is 5.10. The van der Waals surface area contributed by atoms with Crippen LogP contribution in [0.2, 0.25) is 10.0 Å². The van der Waals surface area contributed by atoms with Gasteiger partial charge in [0.25, 0.3) is 0 Å². The second-order valence-electron chi connectivity index (χ2n) is 4.32. The highest BCUT2D eigenvalue weighted by Crippen LogP contribution is 2.18. The number of rotatable bonds is 6. The molecule has 3 N–H and O–H groups in total. The molecule has 0 amide bonds. The van der Waals surface area contributed by atoms with Gasteiger partial charge < -0.3 is 14.9 Å². The van der Waals surface area contributed by atoms with Crippen molar-refractivity contribution in [3.05, 3.63) is 32.9 Å². The summed E-state index contributed by atoms with van der Waals surface area (Å²) in [6, 6.07) is 3.38.